The highest BCUT2D eigenvalue weighted by Crippen LogP contribution is 2.18. The summed E-state index contributed by atoms with van der Waals surface area (Å²) in [6.07, 6.45) is 0.831. The number of ether oxygens (including phenoxy) is 1. The van der Waals surface area contributed by atoms with Crippen LogP contribution in [0, 0.1) is 13.8 Å². The maximum atomic E-state index is 12.4. The average Bonchev–Trinajstić information content (AvgIpc) is 3.21. The zero-order valence-corrected chi connectivity index (χ0v) is 15.2. The Balaban J connectivity index is 1.64. The minimum Gasteiger partial charge on any atom is -0.380 e. The molecule has 0 bridgehead atoms. The van der Waals surface area contributed by atoms with Gasteiger partial charge in [0.15, 0.2) is 0 Å². The maximum Gasteiger partial charge on any atom is 0.237 e. The Hall–Kier alpha value is -2.18. The second-order valence-electron chi connectivity index (χ2n) is 6.71. The number of benzene rings is 1. The minimum absolute atomic E-state index is 0.0228. The fourth-order valence-electron chi connectivity index (χ4n) is 3.27. The van der Waals surface area contributed by atoms with E-state index in [1.807, 2.05) is 49.7 Å². The third-order valence-corrected chi connectivity index (χ3v) is 4.75. The van der Waals surface area contributed by atoms with Gasteiger partial charge < -0.3 is 15.4 Å². The van der Waals surface area contributed by atoms with Gasteiger partial charge in [0.1, 0.15) is 0 Å². The van der Waals surface area contributed by atoms with Gasteiger partial charge in [-0.2, -0.15) is 5.10 Å². The van der Waals surface area contributed by atoms with Crippen LogP contribution in [0.4, 0.5) is 0 Å². The van der Waals surface area contributed by atoms with Crippen LogP contribution in [-0.2, 0) is 9.53 Å². The average molecular weight is 342 g/mol. The number of carbonyl (C=O) groups excluding carboxylic acids is 1. The van der Waals surface area contributed by atoms with Crippen LogP contribution in [0.5, 0.6) is 0 Å². The fraction of sp³-hybridized carbons (Fsp3) is 0.474. The molecule has 0 unspecified atom stereocenters. The van der Waals surface area contributed by atoms with E-state index >= 15 is 0 Å². The van der Waals surface area contributed by atoms with E-state index in [2.05, 4.69) is 21.8 Å². The number of hydrogen-bond acceptors (Lipinski definition) is 4. The van der Waals surface area contributed by atoms with Crippen molar-refractivity contribution in [1.82, 2.24) is 20.4 Å². The summed E-state index contributed by atoms with van der Waals surface area (Å²) in [5.41, 5.74) is 4.19. The van der Waals surface area contributed by atoms with Gasteiger partial charge >= 0.3 is 0 Å². The number of nitrogens with zero attached hydrogens (tertiary/aromatic N) is 2. The molecule has 6 nitrogen and oxygen atoms in total. The summed E-state index contributed by atoms with van der Waals surface area (Å²) in [6, 6.07) is 9.97. The smallest absolute Gasteiger partial charge is 0.237 e. The van der Waals surface area contributed by atoms with Crippen LogP contribution in [0.2, 0.25) is 0 Å². The summed E-state index contributed by atoms with van der Waals surface area (Å²) in [6.45, 7) is 6.75. The van der Waals surface area contributed by atoms with Crippen molar-refractivity contribution in [2.24, 2.45) is 0 Å². The Bertz CT molecular complexity index is 738. The van der Waals surface area contributed by atoms with E-state index in [0.717, 1.165) is 29.2 Å². The zero-order valence-electron chi connectivity index (χ0n) is 15.2. The quantitative estimate of drug-likeness (QED) is 0.873. The van der Waals surface area contributed by atoms with Crippen LogP contribution in [0.1, 0.15) is 36.3 Å². The van der Waals surface area contributed by atoms with Crippen molar-refractivity contribution in [3.8, 4) is 5.69 Å². The van der Waals surface area contributed by atoms with E-state index in [1.165, 1.54) is 0 Å². The normalized spacial score (nSPS) is 21.3. The summed E-state index contributed by atoms with van der Waals surface area (Å²) in [5, 5.41) is 10.8. The highest BCUT2D eigenvalue weighted by atomic mass is 16.5. The fourth-order valence-corrected chi connectivity index (χ4v) is 3.27. The van der Waals surface area contributed by atoms with E-state index in [1.54, 1.807) is 7.11 Å². The number of hydrogen-bond donors (Lipinski definition) is 2. The number of carbonyl (C=O) groups is 1. The molecule has 1 aromatic carbocycles. The molecular formula is C19H26N4O2. The van der Waals surface area contributed by atoms with Crippen LogP contribution < -0.4 is 10.6 Å². The highest BCUT2D eigenvalue weighted by molar-refractivity contribution is 5.82. The predicted molar refractivity (Wildman–Crippen MR) is 96.8 cm³/mol. The van der Waals surface area contributed by atoms with E-state index in [4.69, 9.17) is 4.74 Å². The summed E-state index contributed by atoms with van der Waals surface area (Å²) >= 11 is 0. The largest absolute Gasteiger partial charge is 0.380 e. The lowest BCUT2D eigenvalue weighted by atomic mass is 10.1. The monoisotopic (exact) mass is 342 g/mol. The second-order valence-corrected chi connectivity index (χ2v) is 6.71. The molecule has 0 spiro atoms. The molecule has 1 saturated heterocycles. The molecule has 2 N–H and O–H groups in total. The molecule has 1 aliphatic heterocycles. The van der Waals surface area contributed by atoms with Gasteiger partial charge in [-0.05, 0) is 51.0 Å². The third-order valence-electron chi connectivity index (χ3n) is 4.75. The first kappa shape index (κ1) is 17.6. The predicted octanol–water partition coefficient (Wildman–Crippen LogP) is 2.04. The number of nitrogens with one attached hydrogen (secondary N) is 2. The molecule has 0 saturated carbocycles. The van der Waals surface area contributed by atoms with E-state index in [0.29, 0.717) is 6.42 Å². The second kappa shape index (κ2) is 7.37. The van der Waals surface area contributed by atoms with Gasteiger partial charge in [-0.15, -0.1) is 0 Å². The Labute approximate surface area is 148 Å². The first-order valence-electron chi connectivity index (χ1n) is 8.68. The van der Waals surface area contributed by atoms with E-state index < -0.39 is 0 Å². The Morgan fingerprint density at radius 1 is 1.36 bits per heavy atom. The minimum atomic E-state index is -0.179. The third kappa shape index (κ3) is 3.91. The molecule has 1 amide bonds. The first-order chi connectivity index (χ1) is 12.0. The van der Waals surface area contributed by atoms with Crippen molar-refractivity contribution in [1.29, 1.82) is 0 Å². The zero-order chi connectivity index (χ0) is 18.0. The number of methoxy groups -OCH3 is 1. The van der Waals surface area contributed by atoms with Crippen molar-refractivity contribution >= 4 is 5.91 Å². The van der Waals surface area contributed by atoms with Gasteiger partial charge in [0.2, 0.25) is 5.91 Å². The van der Waals surface area contributed by atoms with Crippen molar-refractivity contribution in [3.05, 3.63) is 47.3 Å². The topological polar surface area (TPSA) is 68.2 Å². The lowest BCUT2D eigenvalue weighted by Gasteiger charge is -2.18. The molecule has 6 heteroatoms. The standard InChI is InChI=1S/C19H26N4O2/c1-12-9-13(2)23(22-12)16-7-5-15(6-8-16)14(3)21-19(24)18-10-17(25-4)11-20-18/h5-9,14,17-18,20H,10-11H2,1-4H3,(H,21,24)/t14-,17+,18-/m1/s1. The van der Waals surface area contributed by atoms with Gasteiger partial charge in [-0.1, -0.05) is 12.1 Å². The number of aryl methyl sites for hydroxylation is 2. The van der Waals surface area contributed by atoms with Crippen LogP contribution >= 0.6 is 0 Å². The molecule has 1 aromatic heterocycles. The van der Waals surface area contributed by atoms with Crippen LogP contribution in [-0.4, -0.2) is 41.5 Å². The Kier molecular flexibility index (Phi) is 5.20. The van der Waals surface area contributed by atoms with Gasteiger partial charge in [-0.3, -0.25) is 4.79 Å². The summed E-state index contributed by atoms with van der Waals surface area (Å²) < 4.78 is 7.22. The van der Waals surface area contributed by atoms with Gasteiger partial charge in [0.05, 0.1) is 29.6 Å². The number of amides is 1. The summed E-state index contributed by atoms with van der Waals surface area (Å²) in [4.78, 5) is 12.4. The summed E-state index contributed by atoms with van der Waals surface area (Å²) in [7, 11) is 1.68. The Morgan fingerprint density at radius 2 is 2.08 bits per heavy atom. The summed E-state index contributed by atoms with van der Waals surface area (Å²) in [5.74, 6) is 0.0228. The van der Waals surface area contributed by atoms with Crippen LogP contribution in [0.25, 0.3) is 5.69 Å². The van der Waals surface area contributed by atoms with E-state index in [9.17, 15) is 4.79 Å². The van der Waals surface area contributed by atoms with Crippen LogP contribution in [0.3, 0.4) is 0 Å². The Morgan fingerprint density at radius 3 is 2.64 bits per heavy atom. The molecule has 25 heavy (non-hydrogen) atoms. The van der Waals surface area contributed by atoms with Crippen molar-refractivity contribution in [2.45, 2.75) is 45.4 Å². The molecule has 134 valence electrons. The van der Waals surface area contributed by atoms with Gasteiger partial charge in [0, 0.05) is 19.3 Å². The lowest BCUT2D eigenvalue weighted by molar-refractivity contribution is -0.123. The van der Waals surface area contributed by atoms with Crippen molar-refractivity contribution < 1.29 is 9.53 Å². The van der Waals surface area contributed by atoms with Gasteiger partial charge in [0.25, 0.3) is 0 Å². The molecule has 2 heterocycles. The van der Waals surface area contributed by atoms with Gasteiger partial charge in [-0.25, -0.2) is 4.68 Å². The van der Waals surface area contributed by atoms with Crippen molar-refractivity contribution in [2.75, 3.05) is 13.7 Å². The van der Waals surface area contributed by atoms with Crippen LogP contribution in [0.15, 0.2) is 30.3 Å². The van der Waals surface area contributed by atoms with E-state index in [-0.39, 0.29) is 24.1 Å². The molecular weight excluding hydrogens is 316 g/mol. The molecule has 0 radical (unpaired) electrons. The number of rotatable bonds is 5. The maximum absolute atomic E-state index is 12.4. The molecule has 0 aliphatic carbocycles. The molecule has 1 fully saturated rings. The first-order valence-corrected chi connectivity index (χ1v) is 8.68. The molecule has 1 aliphatic rings. The highest BCUT2D eigenvalue weighted by Gasteiger charge is 2.29. The molecule has 3 rings (SSSR count). The molecule has 3 atom stereocenters. The lowest BCUT2D eigenvalue weighted by Crippen LogP contribution is -2.41. The van der Waals surface area contributed by atoms with Crippen molar-refractivity contribution in [3.63, 3.8) is 0 Å². The number of aromatic nitrogens is 2. The molecule has 2 aromatic rings. The SMILES string of the molecule is CO[C@@H]1CN[C@@H](C(=O)N[C@H](C)c2ccc(-n3nc(C)cc3C)cc2)C1.